The summed E-state index contributed by atoms with van der Waals surface area (Å²) in [5.74, 6) is -4.06. The van der Waals surface area contributed by atoms with Gasteiger partial charge in [-0.05, 0) is 42.0 Å². The maximum atomic E-state index is 14.9. The zero-order chi connectivity index (χ0) is 27.1. The average Bonchev–Trinajstić information content (AvgIpc) is 3.21. The van der Waals surface area contributed by atoms with Gasteiger partial charge in [-0.3, -0.25) is 14.6 Å². The predicted octanol–water partition coefficient (Wildman–Crippen LogP) is 4.58. The summed E-state index contributed by atoms with van der Waals surface area (Å²) < 4.78 is 56.6. The van der Waals surface area contributed by atoms with Crippen LogP contribution in [-0.2, 0) is 17.4 Å². The SMILES string of the molecule is CNC(=O)Cc1cnc2c(-c3ccc(C(=O)O)cc3F)nn(C(=O)c3c(Cl)cccc3C(F)(F)F)c2c1. The van der Waals surface area contributed by atoms with E-state index in [1.54, 1.807) is 0 Å². The van der Waals surface area contributed by atoms with Crippen LogP contribution < -0.4 is 5.32 Å². The van der Waals surface area contributed by atoms with Crippen molar-refractivity contribution in [3.8, 4) is 11.3 Å². The molecule has 2 N–H and O–H groups in total. The van der Waals surface area contributed by atoms with Gasteiger partial charge in [0, 0.05) is 18.8 Å². The Bertz CT molecular complexity index is 1580. The number of hydrogen-bond acceptors (Lipinski definition) is 5. The number of pyridine rings is 1. The first-order chi connectivity index (χ1) is 17.4. The van der Waals surface area contributed by atoms with Crippen LogP contribution in [-0.4, -0.2) is 44.7 Å². The molecule has 0 fully saturated rings. The fourth-order valence-corrected chi connectivity index (χ4v) is 3.93. The zero-order valence-corrected chi connectivity index (χ0v) is 19.5. The molecule has 0 atom stereocenters. The lowest BCUT2D eigenvalue weighted by atomic mass is 10.1. The second-order valence-electron chi connectivity index (χ2n) is 7.79. The summed E-state index contributed by atoms with van der Waals surface area (Å²) in [6, 6.07) is 7.09. The van der Waals surface area contributed by atoms with E-state index in [-0.39, 0.29) is 34.3 Å². The Balaban J connectivity index is 1.99. The van der Waals surface area contributed by atoms with Crippen molar-refractivity contribution in [1.29, 1.82) is 0 Å². The van der Waals surface area contributed by atoms with Crippen LogP contribution in [0.3, 0.4) is 0 Å². The second-order valence-corrected chi connectivity index (χ2v) is 8.19. The third kappa shape index (κ3) is 4.87. The van der Waals surface area contributed by atoms with E-state index in [4.69, 9.17) is 16.7 Å². The number of amides is 1. The van der Waals surface area contributed by atoms with Crippen LogP contribution in [0.5, 0.6) is 0 Å². The van der Waals surface area contributed by atoms with E-state index in [2.05, 4.69) is 15.4 Å². The maximum Gasteiger partial charge on any atom is 0.417 e. The maximum absolute atomic E-state index is 14.9. The van der Waals surface area contributed by atoms with Crippen LogP contribution >= 0.6 is 11.6 Å². The number of halogens is 5. The Kier molecular flexibility index (Phi) is 6.70. The number of carbonyl (C=O) groups excluding carboxylic acids is 2. The number of nitrogens with one attached hydrogen (secondary N) is 1. The number of hydrogen-bond donors (Lipinski definition) is 2. The molecule has 1 amide bonds. The van der Waals surface area contributed by atoms with Crippen LogP contribution in [0.4, 0.5) is 17.6 Å². The van der Waals surface area contributed by atoms with Gasteiger partial charge in [-0.1, -0.05) is 17.7 Å². The summed E-state index contributed by atoms with van der Waals surface area (Å²) in [6.45, 7) is 0. The van der Waals surface area contributed by atoms with Gasteiger partial charge in [-0.25, -0.2) is 9.18 Å². The number of alkyl halides is 3. The summed E-state index contributed by atoms with van der Waals surface area (Å²) in [5.41, 5.74) is -2.91. The number of aromatic nitrogens is 3. The summed E-state index contributed by atoms with van der Waals surface area (Å²) in [6.07, 6.45) is -3.82. The molecule has 0 bridgehead atoms. The topological polar surface area (TPSA) is 114 Å². The monoisotopic (exact) mass is 534 g/mol. The number of carboxylic acid groups (broad SMARTS) is 1. The number of rotatable bonds is 5. The first kappa shape index (κ1) is 25.8. The van der Waals surface area contributed by atoms with Gasteiger partial charge < -0.3 is 10.4 Å². The second kappa shape index (κ2) is 9.62. The Morgan fingerprint density at radius 2 is 1.86 bits per heavy atom. The fourth-order valence-electron chi connectivity index (χ4n) is 3.67. The molecule has 0 aliphatic heterocycles. The van der Waals surface area contributed by atoms with Crippen molar-refractivity contribution in [2.75, 3.05) is 7.05 Å². The van der Waals surface area contributed by atoms with Gasteiger partial charge in [0.1, 0.15) is 17.0 Å². The number of likely N-dealkylation sites (N-methyl/N-ethyl adjacent to an activating group) is 1. The molecule has 2 heterocycles. The van der Waals surface area contributed by atoms with Crippen molar-refractivity contribution in [3.05, 3.63) is 81.8 Å². The van der Waals surface area contributed by atoms with Gasteiger partial charge in [0.2, 0.25) is 5.91 Å². The van der Waals surface area contributed by atoms with Gasteiger partial charge in [0.15, 0.2) is 0 Å². The van der Waals surface area contributed by atoms with E-state index in [1.165, 1.54) is 19.3 Å². The number of benzene rings is 2. The number of fused-ring (bicyclic) bond motifs is 1. The largest absolute Gasteiger partial charge is 0.478 e. The molecule has 190 valence electrons. The van der Waals surface area contributed by atoms with Gasteiger partial charge in [0.05, 0.1) is 33.7 Å². The van der Waals surface area contributed by atoms with E-state index in [1.807, 2.05) is 0 Å². The molecule has 0 saturated carbocycles. The van der Waals surface area contributed by atoms with Crippen LogP contribution in [0.25, 0.3) is 22.3 Å². The summed E-state index contributed by atoms with van der Waals surface area (Å²) >= 11 is 6.00. The minimum absolute atomic E-state index is 0.0726. The Hall–Kier alpha value is -4.32. The molecule has 0 unspecified atom stereocenters. The minimum Gasteiger partial charge on any atom is -0.478 e. The molecule has 0 saturated heterocycles. The van der Waals surface area contributed by atoms with Crippen LogP contribution in [0.1, 0.15) is 31.8 Å². The van der Waals surface area contributed by atoms with Crippen LogP contribution in [0, 0.1) is 5.82 Å². The smallest absolute Gasteiger partial charge is 0.417 e. The molecular formula is C24H15ClF4N4O4. The van der Waals surface area contributed by atoms with Crippen molar-refractivity contribution in [3.63, 3.8) is 0 Å². The molecule has 8 nitrogen and oxygen atoms in total. The van der Waals surface area contributed by atoms with Crippen LogP contribution in [0.15, 0.2) is 48.7 Å². The molecule has 4 aromatic rings. The van der Waals surface area contributed by atoms with E-state index < -0.39 is 45.9 Å². The third-order valence-electron chi connectivity index (χ3n) is 5.42. The number of nitrogens with zero attached hydrogens (tertiary/aromatic N) is 3. The molecule has 0 aliphatic rings. The molecule has 0 spiro atoms. The number of carboxylic acids is 1. The zero-order valence-electron chi connectivity index (χ0n) is 18.7. The predicted molar refractivity (Wildman–Crippen MR) is 124 cm³/mol. The highest BCUT2D eigenvalue weighted by Gasteiger charge is 2.37. The molecular weight excluding hydrogens is 520 g/mol. The lowest BCUT2D eigenvalue weighted by Gasteiger charge is -2.13. The molecule has 0 aliphatic carbocycles. The standard InChI is InChI=1S/C24H15ClF4N4O4/c1-30-18(34)8-11-7-17-21(31-10-11)20(13-6-5-12(23(36)37)9-16(13)26)32-33(17)22(35)19-14(24(27,28)29)3-2-4-15(19)25/h2-7,9-10H,8H2,1H3,(H,30,34)(H,36,37). The summed E-state index contributed by atoms with van der Waals surface area (Å²) in [7, 11) is 1.40. The van der Waals surface area contributed by atoms with E-state index in [9.17, 15) is 31.9 Å². The van der Waals surface area contributed by atoms with Crippen molar-refractivity contribution < 1.29 is 37.1 Å². The summed E-state index contributed by atoms with van der Waals surface area (Å²) in [5, 5.41) is 15.1. The molecule has 13 heteroatoms. The molecule has 2 aromatic heterocycles. The van der Waals surface area contributed by atoms with E-state index in [0.717, 1.165) is 30.3 Å². The van der Waals surface area contributed by atoms with Crippen molar-refractivity contribution in [1.82, 2.24) is 20.1 Å². The Morgan fingerprint density at radius 1 is 1.14 bits per heavy atom. The number of carbonyl (C=O) groups is 3. The van der Waals surface area contributed by atoms with Crippen LogP contribution in [0.2, 0.25) is 5.02 Å². The quantitative estimate of drug-likeness (QED) is 0.362. The van der Waals surface area contributed by atoms with Gasteiger partial charge in [0.25, 0.3) is 5.91 Å². The molecule has 2 aromatic carbocycles. The lowest BCUT2D eigenvalue weighted by Crippen LogP contribution is -2.21. The molecule has 0 radical (unpaired) electrons. The van der Waals surface area contributed by atoms with E-state index >= 15 is 0 Å². The highest BCUT2D eigenvalue weighted by Crippen LogP contribution is 2.37. The van der Waals surface area contributed by atoms with Crippen molar-refractivity contribution in [2.24, 2.45) is 0 Å². The van der Waals surface area contributed by atoms with E-state index in [0.29, 0.717) is 16.3 Å². The Labute approximate surface area is 210 Å². The van der Waals surface area contributed by atoms with Gasteiger partial charge in [-0.15, -0.1) is 0 Å². The highest BCUT2D eigenvalue weighted by molar-refractivity contribution is 6.34. The third-order valence-corrected chi connectivity index (χ3v) is 5.73. The van der Waals surface area contributed by atoms with Crippen molar-refractivity contribution >= 4 is 40.4 Å². The first-order valence-corrected chi connectivity index (χ1v) is 10.8. The first-order valence-electron chi connectivity index (χ1n) is 10.4. The lowest BCUT2D eigenvalue weighted by molar-refractivity contribution is -0.138. The fraction of sp³-hybridized carbons (Fsp3) is 0.125. The minimum atomic E-state index is -4.93. The molecule has 4 rings (SSSR count). The van der Waals surface area contributed by atoms with Gasteiger partial charge in [-0.2, -0.15) is 23.0 Å². The van der Waals surface area contributed by atoms with Gasteiger partial charge >= 0.3 is 12.1 Å². The normalized spacial score (nSPS) is 11.5. The number of aromatic carboxylic acids is 1. The summed E-state index contributed by atoms with van der Waals surface area (Å²) in [4.78, 5) is 40.7. The molecule has 37 heavy (non-hydrogen) atoms. The van der Waals surface area contributed by atoms with Crippen molar-refractivity contribution in [2.45, 2.75) is 12.6 Å². The highest BCUT2D eigenvalue weighted by atomic mass is 35.5. The Morgan fingerprint density at radius 3 is 2.49 bits per heavy atom. The average molecular weight is 535 g/mol.